The number of hydrogen-bond donors (Lipinski definition) is 0. The molecule has 0 unspecified atom stereocenters. The Hall–Kier alpha value is -2.47. The van der Waals surface area contributed by atoms with Gasteiger partial charge < -0.3 is 0 Å². The van der Waals surface area contributed by atoms with Gasteiger partial charge in [0, 0.05) is 55.9 Å². The van der Waals surface area contributed by atoms with Crippen molar-refractivity contribution in [3.63, 3.8) is 0 Å². The molecule has 1 fully saturated rings. The third kappa shape index (κ3) is 4.11. The molecular formula is C21H26FN5. The zero-order valence-electron chi connectivity index (χ0n) is 15.8. The molecule has 142 valence electrons. The highest BCUT2D eigenvalue weighted by Crippen LogP contribution is 2.28. The highest BCUT2D eigenvalue weighted by Gasteiger charge is 2.24. The van der Waals surface area contributed by atoms with E-state index in [1.165, 1.54) is 25.3 Å². The molecular weight excluding hydrogens is 341 g/mol. The second kappa shape index (κ2) is 8.05. The molecule has 2 aromatic heterocycles. The number of benzene rings is 1. The van der Waals surface area contributed by atoms with Crippen LogP contribution in [-0.2, 0) is 20.1 Å². The van der Waals surface area contributed by atoms with E-state index < -0.39 is 0 Å². The fraction of sp³-hybridized carbons (Fsp3) is 0.429. The van der Waals surface area contributed by atoms with Crippen molar-refractivity contribution in [3.8, 4) is 11.3 Å². The lowest BCUT2D eigenvalue weighted by Gasteiger charge is -2.35. The predicted octanol–water partition coefficient (Wildman–Crippen LogP) is 3.87. The largest absolute Gasteiger partial charge is 0.296 e. The highest BCUT2D eigenvalue weighted by molar-refractivity contribution is 5.63. The molecule has 3 aromatic rings. The molecule has 1 aliphatic rings. The van der Waals surface area contributed by atoms with Crippen molar-refractivity contribution in [2.24, 2.45) is 7.05 Å². The molecule has 1 aliphatic heterocycles. The quantitative estimate of drug-likeness (QED) is 0.664. The Balaban J connectivity index is 1.52. The van der Waals surface area contributed by atoms with E-state index in [-0.39, 0.29) is 5.82 Å². The van der Waals surface area contributed by atoms with Gasteiger partial charge in [-0.15, -0.1) is 0 Å². The van der Waals surface area contributed by atoms with Crippen LogP contribution in [0.2, 0.25) is 0 Å². The van der Waals surface area contributed by atoms with E-state index in [0.717, 1.165) is 37.3 Å². The molecule has 0 aliphatic carbocycles. The van der Waals surface area contributed by atoms with Crippen molar-refractivity contribution in [3.05, 3.63) is 60.3 Å². The van der Waals surface area contributed by atoms with Crippen LogP contribution in [0.15, 0.2) is 48.9 Å². The summed E-state index contributed by atoms with van der Waals surface area (Å²) >= 11 is 0. The summed E-state index contributed by atoms with van der Waals surface area (Å²) in [5.74, 6) is -0.216. The van der Waals surface area contributed by atoms with Crippen LogP contribution in [0.1, 0.15) is 31.2 Å². The first-order valence-corrected chi connectivity index (χ1v) is 9.69. The highest BCUT2D eigenvalue weighted by atomic mass is 19.1. The summed E-state index contributed by atoms with van der Waals surface area (Å²) in [7, 11) is 1.90. The summed E-state index contributed by atoms with van der Waals surface area (Å²) in [5.41, 5.74) is 2.43. The van der Waals surface area contributed by atoms with E-state index in [9.17, 15) is 4.39 Å². The fourth-order valence-corrected chi connectivity index (χ4v) is 4.06. The summed E-state index contributed by atoms with van der Waals surface area (Å²) in [6.45, 7) is 2.82. The van der Waals surface area contributed by atoms with Gasteiger partial charge in [0.1, 0.15) is 5.82 Å². The lowest BCUT2D eigenvalue weighted by atomic mass is 9.98. The molecule has 0 radical (unpaired) electrons. The van der Waals surface area contributed by atoms with E-state index in [4.69, 9.17) is 0 Å². The van der Waals surface area contributed by atoms with Gasteiger partial charge in [-0.1, -0.05) is 18.6 Å². The molecule has 3 heterocycles. The Morgan fingerprint density at radius 1 is 1.19 bits per heavy atom. The third-order valence-electron chi connectivity index (χ3n) is 5.41. The van der Waals surface area contributed by atoms with E-state index in [0.29, 0.717) is 11.6 Å². The van der Waals surface area contributed by atoms with Gasteiger partial charge >= 0.3 is 0 Å². The Kier molecular flexibility index (Phi) is 5.34. The third-order valence-corrected chi connectivity index (χ3v) is 5.41. The van der Waals surface area contributed by atoms with Crippen molar-refractivity contribution in [1.82, 2.24) is 24.5 Å². The summed E-state index contributed by atoms with van der Waals surface area (Å²) in [6.07, 6.45) is 10.6. The maximum atomic E-state index is 14.3. The van der Waals surface area contributed by atoms with E-state index in [2.05, 4.69) is 15.1 Å². The number of aromatic nitrogens is 4. The van der Waals surface area contributed by atoms with Gasteiger partial charge in [0.05, 0.1) is 5.69 Å². The van der Waals surface area contributed by atoms with E-state index in [1.54, 1.807) is 10.7 Å². The summed E-state index contributed by atoms with van der Waals surface area (Å²) in [5, 5.41) is 8.87. The summed E-state index contributed by atoms with van der Waals surface area (Å²) in [4.78, 5) is 2.54. The Bertz CT molecular complexity index is 871. The molecule has 0 N–H and O–H groups in total. The van der Waals surface area contributed by atoms with Crippen LogP contribution >= 0.6 is 0 Å². The van der Waals surface area contributed by atoms with Crippen LogP contribution in [0.25, 0.3) is 11.3 Å². The lowest BCUT2D eigenvalue weighted by molar-refractivity contribution is 0.127. The van der Waals surface area contributed by atoms with Crippen molar-refractivity contribution < 1.29 is 4.39 Å². The second-order valence-corrected chi connectivity index (χ2v) is 7.33. The zero-order valence-corrected chi connectivity index (χ0v) is 15.8. The molecule has 27 heavy (non-hydrogen) atoms. The first-order chi connectivity index (χ1) is 13.2. The van der Waals surface area contributed by atoms with Gasteiger partial charge in [-0.05, 0) is 44.0 Å². The maximum absolute atomic E-state index is 14.3. The minimum atomic E-state index is -0.216. The number of aryl methyl sites for hydroxylation is 2. The minimum Gasteiger partial charge on any atom is -0.296 e. The average Bonchev–Trinajstić information content (AvgIpc) is 3.31. The van der Waals surface area contributed by atoms with Gasteiger partial charge in [0.2, 0.25) is 0 Å². The fourth-order valence-electron chi connectivity index (χ4n) is 4.06. The topological polar surface area (TPSA) is 38.9 Å². The Morgan fingerprint density at radius 3 is 2.89 bits per heavy atom. The number of rotatable bonds is 6. The van der Waals surface area contributed by atoms with Crippen molar-refractivity contribution in [1.29, 1.82) is 0 Å². The minimum absolute atomic E-state index is 0.216. The lowest BCUT2D eigenvalue weighted by Crippen LogP contribution is -2.39. The second-order valence-electron chi connectivity index (χ2n) is 7.33. The number of likely N-dealkylation sites (tertiary alicyclic amines) is 1. The average molecular weight is 367 g/mol. The number of nitrogens with zero attached hydrogens (tertiary/aromatic N) is 5. The van der Waals surface area contributed by atoms with E-state index in [1.807, 2.05) is 48.5 Å². The van der Waals surface area contributed by atoms with E-state index >= 15 is 0 Å². The molecule has 1 aromatic carbocycles. The summed E-state index contributed by atoms with van der Waals surface area (Å²) in [6, 6.07) is 9.39. The number of halogens is 1. The molecule has 4 rings (SSSR count). The standard InChI is InChI=1S/C21H26FN5/c1-25-15-17(21(24-25)19-8-2-3-9-20(19)22)16-26-12-5-4-7-18(26)10-14-27-13-6-11-23-27/h2-3,6,8-9,11,13,15,18H,4-5,7,10,12,14,16H2,1H3/t18-/m0/s1. The van der Waals surface area contributed by atoms with Gasteiger partial charge in [0.15, 0.2) is 0 Å². The van der Waals surface area contributed by atoms with Crippen molar-refractivity contribution in [2.45, 2.75) is 44.8 Å². The first kappa shape index (κ1) is 17.9. The van der Waals surface area contributed by atoms with Gasteiger partial charge in [-0.2, -0.15) is 10.2 Å². The first-order valence-electron chi connectivity index (χ1n) is 9.69. The van der Waals surface area contributed by atoms with Crippen LogP contribution in [0.3, 0.4) is 0 Å². The monoisotopic (exact) mass is 367 g/mol. The molecule has 0 spiro atoms. The van der Waals surface area contributed by atoms with Crippen molar-refractivity contribution >= 4 is 0 Å². The predicted molar refractivity (Wildman–Crippen MR) is 103 cm³/mol. The van der Waals surface area contributed by atoms with Crippen LogP contribution in [0.4, 0.5) is 4.39 Å². The molecule has 1 saturated heterocycles. The smallest absolute Gasteiger partial charge is 0.132 e. The molecule has 0 bridgehead atoms. The zero-order chi connectivity index (χ0) is 18.6. The van der Waals surface area contributed by atoms with Crippen LogP contribution in [0.5, 0.6) is 0 Å². The van der Waals surface area contributed by atoms with Gasteiger partial charge in [0.25, 0.3) is 0 Å². The van der Waals surface area contributed by atoms with Crippen molar-refractivity contribution in [2.75, 3.05) is 6.54 Å². The molecule has 6 heteroatoms. The van der Waals surface area contributed by atoms with Crippen LogP contribution < -0.4 is 0 Å². The Labute approximate surface area is 159 Å². The number of piperidine rings is 1. The van der Waals surface area contributed by atoms with Crippen LogP contribution in [0, 0.1) is 5.82 Å². The SMILES string of the molecule is Cn1cc(CN2CCCC[C@H]2CCn2cccn2)c(-c2ccccc2F)n1. The maximum Gasteiger partial charge on any atom is 0.132 e. The van der Waals surface area contributed by atoms with Gasteiger partial charge in [-0.3, -0.25) is 14.3 Å². The normalized spacial score (nSPS) is 18.1. The molecule has 0 amide bonds. The molecule has 1 atom stereocenters. The summed E-state index contributed by atoms with van der Waals surface area (Å²) < 4.78 is 18.1. The number of hydrogen-bond acceptors (Lipinski definition) is 3. The van der Waals surface area contributed by atoms with Crippen LogP contribution in [-0.4, -0.2) is 37.0 Å². The molecule has 0 saturated carbocycles. The Morgan fingerprint density at radius 2 is 2.07 bits per heavy atom. The van der Waals surface area contributed by atoms with Gasteiger partial charge in [-0.25, -0.2) is 4.39 Å². The molecule has 5 nitrogen and oxygen atoms in total.